The first-order chi connectivity index (χ1) is 12.6. The molecule has 4 rings (SSSR count). The van der Waals surface area contributed by atoms with Gasteiger partial charge in [-0.2, -0.15) is 0 Å². The Balaban J connectivity index is 1.58. The lowest BCUT2D eigenvalue weighted by atomic mass is 9.90. The summed E-state index contributed by atoms with van der Waals surface area (Å²) < 4.78 is 11.8. The molecule has 4 unspecified atom stereocenters. The van der Waals surface area contributed by atoms with Crippen LogP contribution in [0.25, 0.3) is 0 Å². The van der Waals surface area contributed by atoms with Crippen LogP contribution in [-0.2, 0) is 4.79 Å². The molecule has 0 aliphatic heterocycles. The second kappa shape index (κ2) is 6.65. The van der Waals surface area contributed by atoms with Gasteiger partial charge in [0.25, 0.3) is 0 Å². The van der Waals surface area contributed by atoms with Crippen LogP contribution in [0.3, 0.4) is 0 Å². The molecule has 2 aliphatic carbocycles. The Hall–Kier alpha value is -2.53. The molecule has 136 valence electrons. The number of benzene rings is 2. The van der Waals surface area contributed by atoms with Crippen molar-refractivity contribution >= 4 is 5.97 Å². The molecule has 1 fully saturated rings. The van der Waals surface area contributed by atoms with Gasteiger partial charge >= 0.3 is 5.97 Å². The molecule has 0 radical (unpaired) electrons. The van der Waals surface area contributed by atoms with E-state index in [0.29, 0.717) is 23.3 Å². The highest BCUT2D eigenvalue weighted by Gasteiger charge is 2.45. The predicted molar refractivity (Wildman–Crippen MR) is 97.7 cm³/mol. The van der Waals surface area contributed by atoms with Crippen LogP contribution in [0.4, 0.5) is 0 Å². The molecule has 0 amide bonds. The fraction of sp³-hybridized carbons (Fsp3) is 0.381. The monoisotopic (exact) mass is 353 g/mol. The Morgan fingerprint density at radius 1 is 1.19 bits per heavy atom. The third kappa shape index (κ3) is 2.92. The zero-order valence-corrected chi connectivity index (χ0v) is 14.7. The molecule has 5 nitrogen and oxygen atoms in total. The number of rotatable bonds is 6. The minimum absolute atomic E-state index is 0.106. The summed E-state index contributed by atoms with van der Waals surface area (Å²) in [6.07, 6.45) is 2.11. The SMILES string of the molecule is COc1ccc(C(N)CC(=O)O)cc1OC1CC2CC1c1ccccc12. The molecule has 4 atom stereocenters. The Morgan fingerprint density at radius 2 is 1.96 bits per heavy atom. The van der Waals surface area contributed by atoms with E-state index in [1.54, 1.807) is 19.2 Å². The summed E-state index contributed by atoms with van der Waals surface area (Å²) >= 11 is 0. The largest absolute Gasteiger partial charge is 0.493 e. The molecule has 0 heterocycles. The van der Waals surface area contributed by atoms with Gasteiger partial charge in [-0.25, -0.2) is 0 Å². The molecule has 1 saturated carbocycles. The number of hydrogen-bond donors (Lipinski definition) is 2. The molecule has 5 heteroatoms. The average Bonchev–Trinajstić information content (AvgIpc) is 3.20. The summed E-state index contributed by atoms with van der Waals surface area (Å²) in [4.78, 5) is 10.9. The van der Waals surface area contributed by atoms with Crippen LogP contribution < -0.4 is 15.2 Å². The number of methoxy groups -OCH3 is 1. The molecule has 0 saturated heterocycles. The highest BCUT2D eigenvalue weighted by Crippen LogP contribution is 2.54. The Kier molecular flexibility index (Phi) is 4.32. The molecule has 0 spiro atoms. The lowest BCUT2D eigenvalue weighted by Crippen LogP contribution is -2.23. The number of carbonyl (C=O) groups is 1. The van der Waals surface area contributed by atoms with E-state index in [1.807, 2.05) is 6.07 Å². The highest BCUT2D eigenvalue weighted by atomic mass is 16.5. The van der Waals surface area contributed by atoms with E-state index in [2.05, 4.69) is 24.3 Å². The summed E-state index contributed by atoms with van der Waals surface area (Å²) in [6, 6.07) is 13.5. The van der Waals surface area contributed by atoms with Crippen molar-refractivity contribution in [2.24, 2.45) is 5.73 Å². The van der Waals surface area contributed by atoms with Gasteiger partial charge in [-0.05, 0) is 47.6 Å². The van der Waals surface area contributed by atoms with Crippen molar-refractivity contribution in [3.63, 3.8) is 0 Å². The molecule has 2 aromatic carbocycles. The average molecular weight is 353 g/mol. The number of aliphatic carboxylic acids is 1. The number of carboxylic acids is 1. The highest BCUT2D eigenvalue weighted by molar-refractivity contribution is 5.68. The van der Waals surface area contributed by atoms with Crippen LogP contribution in [-0.4, -0.2) is 24.3 Å². The Labute approximate surface area is 152 Å². The second-order valence-electron chi connectivity index (χ2n) is 7.17. The van der Waals surface area contributed by atoms with Crippen LogP contribution in [0, 0.1) is 0 Å². The van der Waals surface area contributed by atoms with Gasteiger partial charge in [0.15, 0.2) is 11.5 Å². The van der Waals surface area contributed by atoms with Gasteiger partial charge in [0, 0.05) is 12.0 Å². The summed E-state index contributed by atoms with van der Waals surface area (Å²) in [6.45, 7) is 0. The molecule has 26 heavy (non-hydrogen) atoms. The van der Waals surface area contributed by atoms with E-state index in [1.165, 1.54) is 11.1 Å². The van der Waals surface area contributed by atoms with Gasteiger partial charge in [-0.1, -0.05) is 30.3 Å². The third-order valence-electron chi connectivity index (χ3n) is 5.63. The fourth-order valence-corrected chi connectivity index (χ4v) is 4.42. The third-order valence-corrected chi connectivity index (χ3v) is 5.63. The van der Waals surface area contributed by atoms with E-state index in [0.717, 1.165) is 18.4 Å². The molecular weight excluding hydrogens is 330 g/mol. The lowest BCUT2D eigenvalue weighted by Gasteiger charge is -2.26. The van der Waals surface area contributed by atoms with Crippen LogP contribution >= 0.6 is 0 Å². The minimum Gasteiger partial charge on any atom is -0.493 e. The first-order valence-corrected chi connectivity index (χ1v) is 8.97. The smallest absolute Gasteiger partial charge is 0.305 e. The molecule has 2 aromatic rings. The normalized spacial score (nSPS) is 24.2. The summed E-state index contributed by atoms with van der Waals surface area (Å²) in [7, 11) is 1.61. The first kappa shape index (κ1) is 16.9. The standard InChI is InChI=1S/C21H23NO4/c1-25-18-7-6-12(17(22)11-21(23)24)9-20(18)26-19-10-13-8-16(19)15-5-3-2-4-14(13)15/h2-7,9,13,16-17,19H,8,10-11,22H2,1H3,(H,23,24). The zero-order valence-electron chi connectivity index (χ0n) is 14.7. The zero-order chi connectivity index (χ0) is 18.3. The van der Waals surface area contributed by atoms with E-state index in [9.17, 15) is 4.79 Å². The van der Waals surface area contributed by atoms with Gasteiger partial charge < -0.3 is 20.3 Å². The van der Waals surface area contributed by atoms with Crippen molar-refractivity contribution in [1.29, 1.82) is 0 Å². The number of nitrogens with two attached hydrogens (primary N) is 1. The molecular formula is C21H23NO4. The minimum atomic E-state index is -0.916. The van der Waals surface area contributed by atoms with E-state index in [4.69, 9.17) is 20.3 Å². The van der Waals surface area contributed by atoms with Crippen molar-refractivity contribution in [3.8, 4) is 11.5 Å². The second-order valence-corrected chi connectivity index (χ2v) is 7.17. The maximum atomic E-state index is 10.9. The van der Waals surface area contributed by atoms with Crippen molar-refractivity contribution in [1.82, 2.24) is 0 Å². The topological polar surface area (TPSA) is 81.8 Å². The van der Waals surface area contributed by atoms with Gasteiger partial charge in [0.2, 0.25) is 0 Å². The fourth-order valence-electron chi connectivity index (χ4n) is 4.42. The Bertz CT molecular complexity index is 835. The molecule has 2 bridgehead atoms. The van der Waals surface area contributed by atoms with Crippen molar-refractivity contribution in [3.05, 3.63) is 59.2 Å². The number of fused-ring (bicyclic) bond motifs is 5. The number of hydrogen-bond acceptors (Lipinski definition) is 4. The van der Waals surface area contributed by atoms with E-state index >= 15 is 0 Å². The van der Waals surface area contributed by atoms with Crippen molar-refractivity contribution in [2.45, 2.75) is 43.2 Å². The van der Waals surface area contributed by atoms with Crippen LogP contribution in [0.2, 0.25) is 0 Å². The molecule has 3 N–H and O–H groups in total. The predicted octanol–water partition coefficient (Wildman–Crippen LogP) is 3.59. The number of ether oxygens (including phenoxy) is 2. The van der Waals surface area contributed by atoms with Gasteiger partial charge in [-0.3, -0.25) is 4.79 Å². The Morgan fingerprint density at radius 3 is 2.69 bits per heavy atom. The van der Waals surface area contributed by atoms with Crippen molar-refractivity contribution < 1.29 is 19.4 Å². The number of carboxylic acid groups (broad SMARTS) is 1. The summed E-state index contributed by atoms with van der Waals surface area (Å²) in [5.41, 5.74) is 9.61. The summed E-state index contributed by atoms with van der Waals surface area (Å²) in [5.74, 6) is 1.33. The van der Waals surface area contributed by atoms with Gasteiger partial charge in [-0.15, -0.1) is 0 Å². The molecule has 0 aromatic heterocycles. The maximum absolute atomic E-state index is 10.9. The van der Waals surface area contributed by atoms with Crippen LogP contribution in [0.15, 0.2) is 42.5 Å². The summed E-state index contributed by atoms with van der Waals surface area (Å²) in [5, 5.41) is 8.97. The first-order valence-electron chi connectivity index (χ1n) is 8.97. The lowest BCUT2D eigenvalue weighted by molar-refractivity contribution is -0.137. The van der Waals surface area contributed by atoms with E-state index in [-0.39, 0.29) is 12.5 Å². The van der Waals surface area contributed by atoms with Crippen LogP contribution in [0.1, 0.15) is 53.8 Å². The van der Waals surface area contributed by atoms with Crippen LogP contribution in [0.5, 0.6) is 11.5 Å². The van der Waals surface area contributed by atoms with Gasteiger partial charge in [0.1, 0.15) is 6.10 Å². The van der Waals surface area contributed by atoms with Gasteiger partial charge in [0.05, 0.1) is 13.5 Å². The van der Waals surface area contributed by atoms with Crippen molar-refractivity contribution in [2.75, 3.05) is 7.11 Å². The molecule has 2 aliphatic rings. The quantitative estimate of drug-likeness (QED) is 0.829. The maximum Gasteiger partial charge on any atom is 0.305 e. The van der Waals surface area contributed by atoms with E-state index < -0.39 is 12.0 Å².